The second kappa shape index (κ2) is 11.2. The van der Waals surface area contributed by atoms with Gasteiger partial charge in [-0.3, -0.25) is 0 Å². The van der Waals surface area contributed by atoms with Crippen LogP contribution < -0.4 is 4.90 Å². The third-order valence-corrected chi connectivity index (χ3v) is 13.5. The predicted molar refractivity (Wildman–Crippen MR) is 237 cm³/mol. The van der Waals surface area contributed by atoms with Crippen LogP contribution in [-0.4, -0.2) is 0 Å². The van der Waals surface area contributed by atoms with Gasteiger partial charge in [0.05, 0.1) is 16.5 Å². The van der Waals surface area contributed by atoms with E-state index >= 15 is 0 Å². The summed E-state index contributed by atoms with van der Waals surface area (Å²) in [5, 5.41) is 7.77. The zero-order valence-corrected chi connectivity index (χ0v) is 31.2. The molecule has 0 aliphatic heterocycles. The largest absolute Gasteiger partial charge is 0.310 e. The zero-order valence-electron chi connectivity index (χ0n) is 31.2. The van der Waals surface area contributed by atoms with Gasteiger partial charge in [0.2, 0.25) is 0 Å². The second-order valence-corrected chi connectivity index (χ2v) is 15.9. The molecular formula is C56H35N. The fraction of sp³-hybridized carbons (Fsp3) is 0.0357. The summed E-state index contributed by atoms with van der Waals surface area (Å²) in [6, 6.07) is 80.0. The number of hydrogen-bond acceptors (Lipinski definition) is 1. The Morgan fingerprint density at radius 2 is 0.789 bits per heavy atom. The van der Waals surface area contributed by atoms with Crippen LogP contribution in [0.4, 0.5) is 17.1 Å². The number of fused-ring (bicyclic) bond motifs is 4. The lowest BCUT2D eigenvalue weighted by Gasteiger charge is -2.50. The summed E-state index contributed by atoms with van der Waals surface area (Å²) in [4.78, 5) is 2.50. The standard InChI is InChI=1S/C56H35N/c1-2-14-36(15-3-1)37-30-32-41(33-31-37)57(52-29-13-17-38-16-4-5-21-43(38)52)42-34-40-20-12-28-50-54(40)51(35-42)56-47-25-9-7-23-45(47)44-22-6-8-24-46(44)55(50,56)48-26-10-18-39-19-11-27-49(56)53(39)48/h1-35H. The van der Waals surface area contributed by atoms with Gasteiger partial charge in [0, 0.05) is 16.8 Å². The average Bonchev–Trinajstić information content (AvgIpc) is 3.72. The van der Waals surface area contributed by atoms with Gasteiger partial charge >= 0.3 is 0 Å². The molecule has 10 aromatic rings. The minimum absolute atomic E-state index is 0.455. The normalized spacial score (nSPS) is 18.0. The van der Waals surface area contributed by atoms with Crippen LogP contribution in [0.3, 0.4) is 0 Å². The first kappa shape index (κ1) is 31.0. The molecule has 1 nitrogen and oxygen atoms in total. The first-order chi connectivity index (χ1) is 28.3. The first-order valence-corrected chi connectivity index (χ1v) is 20.0. The van der Waals surface area contributed by atoms with Crippen molar-refractivity contribution in [3.05, 3.63) is 246 Å². The molecule has 0 amide bonds. The molecule has 0 radical (unpaired) electrons. The zero-order chi connectivity index (χ0) is 37.3. The second-order valence-electron chi connectivity index (χ2n) is 15.9. The van der Waals surface area contributed by atoms with Crippen molar-refractivity contribution in [2.75, 3.05) is 4.90 Å². The molecule has 0 heterocycles. The highest BCUT2D eigenvalue weighted by atomic mass is 15.1. The highest BCUT2D eigenvalue weighted by Crippen LogP contribution is 2.75. The van der Waals surface area contributed by atoms with Crippen molar-refractivity contribution in [1.29, 1.82) is 0 Å². The molecule has 10 aromatic carbocycles. The van der Waals surface area contributed by atoms with Gasteiger partial charge in [-0.1, -0.05) is 182 Å². The molecule has 0 N–H and O–H groups in total. The molecule has 0 bridgehead atoms. The number of benzene rings is 10. The molecule has 0 saturated carbocycles. The van der Waals surface area contributed by atoms with E-state index in [1.165, 1.54) is 88.0 Å². The van der Waals surface area contributed by atoms with Crippen molar-refractivity contribution in [2.24, 2.45) is 0 Å². The molecular weight excluding hydrogens is 687 g/mol. The van der Waals surface area contributed by atoms with Gasteiger partial charge in [0.25, 0.3) is 0 Å². The molecule has 0 saturated heterocycles. The van der Waals surface area contributed by atoms with Crippen molar-refractivity contribution in [3.8, 4) is 22.3 Å². The maximum absolute atomic E-state index is 2.57. The first-order valence-electron chi connectivity index (χ1n) is 20.0. The SMILES string of the molecule is c1ccc(-c2ccc(N(c3cc4c5c(cccc5c3)C35c6ccccc6-c6ccccc6C43c3cccc4cccc5c34)c3cccc4ccccc34)cc2)cc1. The highest BCUT2D eigenvalue weighted by molar-refractivity contribution is 6.11. The van der Waals surface area contributed by atoms with Crippen molar-refractivity contribution in [3.63, 3.8) is 0 Å². The van der Waals surface area contributed by atoms with Crippen LogP contribution in [0.5, 0.6) is 0 Å². The van der Waals surface area contributed by atoms with Crippen LogP contribution in [-0.2, 0) is 10.8 Å². The van der Waals surface area contributed by atoms with Crippen LogP contribution in [0.25, 0.3) is 54.6 Å². The van der Waals surface area contributed by atoms with Crippen LogP contribution in [0.1, 0.15) is 33.4 Å². The third-order valence-electron chi connectivity index (χ3n) is 13.5. The number of anilines is 3. The fourth-order valence-corrected chi connectivity index (χ4v) is 11.6. The molecule has 1 heteroatoms. The van der Waals surface area contributed by atoms with E-state index in [0.29, 0.717) is 0 Å². The number of rotatable bonds is 4. The van der Waals surface area contributed by atoms with Crippen LogP contribution >= 0.6 is 0 Å². The monoisotopic (exact) mass is 721 g/mol. The maximum Gasteiger partial charge on any atom is 0.0648 e. The Morgan fingerprint density at radius 1 is 0.298 bits per heavy atom. The summed E-state index contributed by atoms with van der Waals surface area (Å²) in [6.07, 6.45) is 0. The fourth-order valence-electron chi connectivity index (χ4n) is 11.6. The number of nitrogens with zero attached hydrogens (tertiary/aromatic N) is 1. The van der Waals surface area contributed by atoms with Crippen LogP contribution in [0, 0.1) is 0 Å². The lowest BCUT2D eigenvalue weighted by atomic mass is 9.50. The van der Waals surface area contributed by atoms with Gasteiger partial charge in [-0.25, -0.2) is 0 Å². The predicted octanol–water partition coefficient (Wildman–Crippen LogP) is 14.3. The van der Waals surface area contributed by atoms with E-state index in [4.69, 9.17) is 0 Å². The topological polar surface area (TPSA) is 3.24 Å². The molecule has 13 rings (SSSR count). The Balaban J connectivity index is 1.17. The van der Waals surface area contributed by atoms with Gasteiger partial charge in [-0.15, -0.1) is 0 Å². The average molecular weight is 722 g/mol. The van der Waals surface area contributed by atoms with Gasteiger partial charge in [-0.05, 0) is 113 Å². The molecule has 3 aliphatic carbocycles. The van der Waals surface area contributed by atoms with E-state index in [2.05, 4.69) is 217 Å². The number of hydrogen-bond donors (Lipinski definition) is 0. The molecule has 0 aromatic heterocycles. The smallest absolute Gasteiger partial charge is 0.0648 e. The van der Waals surface area contributed by atoms with Crippen LogP contribution in [0.2, 0.25) is 0 Å². The van der Waals surface area contributed by atoms with Gasteiger partial charge < -0.3 is 4.90 Å². The molecule has 2 unspecified atom stereocenters. The lowest BCUT2D eigenvalue weighted by Crippen LogP contribution is -2.48. The van der Waals surface area contributed by atoms with E-state index in [-0.39, 0.29) is 0 Å². The Kier molecular flexibility index (Phi) is 6.09. The summed E-state index contributed by atoms with van der Waals surface area (Å²) >= 11 is 0. The molecule has 57 heavy (non-hydrogen) atoms. The molecule has 264 valence electrons. The summed E-state index contributed by atoms with van der Waals surface area (Å²) in [5.74, 6) is 0. The van der Waals surface area contributed by atoms with Crippen LogP contribution in [0.15, 0.2) is 212 Å². The summed E-state index contributed by atoms with van der Waals surface area (Å²) < 4.78 is 0. The third kappa shape index (κ3) is 3.75. The molecule has 0 fully saturated rings. The van der Waals surface area contributed by atoms with E-state index in [0.717, 1.165) is 17.1 Å². The minimum Gasteiger partial charge on any atom is -0.310 e. The minimum atomic E-state index is -0.499. The van der Waals surface area contributed by atoms with Crippen molar-refractivity contribution in [1.82, 2.24) is 0 Å². The van der Waals surface area contributed by atoms with Gasteiger partial charge in [0.15, 0.2) is 0 Å². The van der Waals surface area contributed by atoms with Crippen molar-refractivity contribution in [2.45, 2.75) is 10.8 Å². The van der Waals surface area contributed by atoms with Gasteiger partial charge in [0.1, 0.15) is 0 Å². The van der Waals surface area contributed by atoms with Crippen molar-refractivity contribution < 1.29 is 0 Å². The van der Waals surface area contributed by atoms with Crippen molar-refractivity contribution >= 4 is 49.4 Å². The van der Waals surface area contributed by atoms with E-state index in [1.807, 2.05) is 0 Å². The van der Waals surface area contributed by atoms with E-state index in [9.17, 15) is 0 Å². The highest BCUT2D eigenvalue weighted by Gasteiger charge is 2.69. The Morgan fingerprint density at radius 3 is 1.49 bits per heavy atom. The Hall–Kier alpha value is -7.22. The summed E-state index contributed by atoms with van der Waals surface area (Å²) in [5.41, 5.74) is 15.9. The summed E-state index contributed by atoms with van der Waals surface area (Å²) in [7, 11) is 0. The molecule has 0 spiro atoms. The van der Waals surface area contributed by atoms with Gasteiger partial charge in [-0.2, -0.15) is 0 Å². The van der Waals surface area contributed by atoms with E-state index in [1.54, 1.807) is 0 Å². The Bertz CT molecular complexity index is 3290. The maximum atomic E-state index is 2.57. The quantitative estimate of drug-likeness (QED) is 0.175. The summed E-state index contributed by atoms with van der Waals surface area (Å²) in [6.45, 7) is 0. The molecule has 3 aliphatic rings. The molecule has 2 atom stereocenters. The lowest BCUT2D eigenvalue weighted by molar-refractivity contribution is 0.461. The Labute approximate surface area is 331 Å². The van der Waals surface area contributed by atoms with E-state index < -0.39 is 10.8 Å².